The van der Waals surface area contributed by atoms with Crippen LogP contribution in [0.3, 0.4) is 0 Å². The van der Waals surface area contributed by atoms with Crippen LogP contribution in [0.2, 0.25) is 0 Å². The highest BCUT2D eigenvalue weighted by atomic mass is 16.5. The van der Waals surface area contributed by atoms with Crippen LogP contribution in [0.25, 0.3) is 22.0 Å². The molecule has 1 aliphatic heterocycles. The molecular formula is C19H21N5O. The van der Waals surface area contributed by atoms with Crippen LogP contribution in [-0.2, 0) is 4.74 Å². The topological polar surface area (TPSA) is 77.2 Å². The van der Waals surface area contributed by atoms with E-state index in [0.717, 1.165) is 40.9 Å². The van der Waals surface area contributed by atoms with Gasteiger partial charge in [-0.3, -0.25) is 4.98 Å². The van der Waals surface area contributed by atoms with Crippen molar-refractivity contribution in [1.82, 2.24) is 15.0 Å². The number of ether oxygens (including phenoxy) is 1. The van der Waals surface area contributed by atoms with Gasteiger partial charge in [-0.15, -0.1) is 0 Å². The van der Waals surface area contributed by atoms with E-state index < -0.39 is 0 Å². The number of aromatic nitrogens is 3. The Bertz CT molecular complexity index is 903. The summed E-state index contributed by atoms with van der Waals surface area (Å²) in [6.07, 6.45) is 5.45. The van der Waals surface area contributed by atoms with Gasteiger partial charge in [-0.05, 0) is 37.6 Å². The molecule has 3 heterocycles. The molecule has 6 nitrogen and oxygen atoms in total. The van der Waals surface area contributed by atoms with Crippen molar-refractivity contribution in [1.29, 1.82) is 0 Å². The first-order valence-corrected chi connectivity index (χ1v) is 8.46. The van der Waals surface area contributed by atoms with Crippen LogP contribution >= 0.6 is 0 Å². The first-order valence-electron chi connectivity index (χ1n) is 8.46. The van der Waals surface area contributed by atoms with Gasteiger partial charge in [0.15, 0.2) is 0 Å². The number of nitrogen functional groups attached to an aromatic ring is 1. The Morgan fingerprint density at radius 1 is 1.04 bits per heavy atom. The van der Waals surface area contributed by atoms with Crippen molar-refractivity contribution in [3.63, 3.8) is 0 Å². The van der Waals surface area contributed by atoms with Crippen molar-refractivity contribution >= 4 is 22.4 Å². The number of nitrogens with zero attached hydrogens (tertiary/aromatic N) is 4. The molecule has 2 N–H and O–H groups in total. The number of morpholine rings is 1. The van der Waals surface area contributed by atoms with Gasteiger partial charge in [-0.2, -0.15) is 0 Å². The second-order valence-electron chi connectivity index (χ2n) is 6.60. The zero-order valence-electron chi connectivity index (χ0n) is 14.4. The zero-order valence-corrected chi connectivity index (χ0v) is 14.4. The fraction of sp³-hybridized carbons (Fsp3) is 0.316. The molecule has 0 radical (unpaired) electrons. The molecule has 6 heteroatoms. The van der Waals surface area contributed by atoms with E-state index in [1.165, 1.54) is 0 Å². The van der Waals surface area contributed by atoms with E-state index in [4.69, 9.17) is 10.5 Å². The Hall–Kier alpha value is -2.73. The number of fused-ring (bicyclic) bond motifs is 1. The van der Waals surface area contributed by atoms with Gasteiger partial charge in [0.2, 0.25) is 0 Å². The van der Waals surface area contributed by atoms with Crippen LogP contribution in [0.4, 0.5) is 11.5 Å². The van der Waals surface area contributed by atoms with Crippen molar-refractivity contribution in [2.75, 3.05) is 23.7 Å². The normalized spacial score (nSPS) is 20.8. The van der Waals surface area contributed by atoms with Gasteiger partial charge >= 0.3 is 0 Å². The molecule has 0 bridgehead atoms. The summed E-state index contributed by atoms with van der Waals surface area (Å²) in [4.78, 5) is 15.5. The van der Waals surface area contributed by atoms with E-state index in [2.05, 4.69) is 39.8 Å². The molecule has 1 aromatic carbocycles. The highest BCUT2D eigenvalue weighted by molar-refractivity contribution is 5.93. The molecule has 1 fully saturated rings. The first kappa shape index (κ1) is 15.8. The maximum atomic E-state index is 5.88. The molecule has 0 aliphatic carbocycles. The van der Waals surface area contributed by atoms with Gasteiger partial charge < -0.3 is 15.4 Å². The first-order chi connectivity index (χ1) is 12.1. The Morgan fingerprint density at radius 2 is 1.84 bits per heavy atom. The van der Waals surface area contributed by atoms with Crippen LogP contribution in [0, 0.1) is 0 Å². The van der Waals surface area contributed by atoms with Gasteiger partial charge in [0.1, 0.15) is 12.1 Å². The third kappa shape index (κ3) is 3.13. The van der Waals surface area contributed by atoms with Crippen LogP contribution in [0.5, 0.6) is 0 Å². The fourth-order valence-electron chi connectivity index (χ4n) is 3.44. The van der Waals surface area contributed by atoms with Crippen LogP contribution in [0.15, 0.2) is 43.0 Å². The molecule has 1 aliphatic rings. The molecule has 0 amide bonds. The van der Waals surface area contributed by atoms with Gasteiger partial charge in [0, 0.05) is 36.4 Å². The molecule has 2 atom stereocenters. The van der Waals surface area contributed by atoms with Crippen LogP contribution < -0.4 is 10.6 Å². The lowest BCUT2D eigenvalue weighted by Gasteiger charge is -2.36. The third-order valence-corrected chi connectivity index (χ3v) is 4.43. The molecule has 1 saturated heterocycles. The van der Waals surface area contributed by atoms with Crippen molar-refractivity contribution in [3.05, 3.63) is 43.0 Å². The van der Waals surface area contributed by atoms with Crippen molar-refractivity contribution in [2.45, 2.75) is 26.1 Å². The molecule has 0 saturated carbocycles. The highest BCUT2D eigenvalue weighted by Crippen LogP contribution is 2.30. The maximum absolute atomic E-state index is 5.88. The number of rotatable bonds is 2. The molecule has 2 unspecified atom stereocenters. The smallest absolute Gasteiger partial charge is 0.140 e. The molecule has 25 heavy (non-hydrogen) atoms. The van der Waals surface area contributed by atoms with Gasteiger partial charge in [-0.25, -0.2) is 9.97 Å². The van der Waals surface area contributed by atoms with Gasteiger partial charge in [0.25, 0.3) is 0 Å². The number of anilines is 2. The minimum absolute atomic E-state index is 0.176. The average molecular weight is 335 g/mol. The largest absolute Gasteiger partial charge is 0.397 e. The number of hydrogen-bond donors (Lipinski definition) is 1. The number of hydrogen-bond acceptors (Lipinski definition) is 6. The van der Waals surface area contributed by atoms with E-state index in [9.17, 15) is 0 Å². The van der Waals surface area contributed by atoms with Crippen molar-refractivity contribution in [3.8, 4) is 11.1 Å². The summed E-state index contributed by atoms with van der Waals surface area (Å²) in [5.74, 6) is 0.950. The molecule has 3 aromatic rings. The summed E-state index contributed by atoms with van der Waals surface area (Å²) in [5.41, 5.74) is 9.50. The lowest BCUT2D eigenvalue weighted by Crippen LogP contribution is -2.45. The molecule has 4 rings (SSSR count). The van der Waals surface area contributed by atoms with E-state index in [1.54, 1.807) is 12.5 Å². The Balaban J connectivity index is 1.81. The third-order valence-electron chi connectivity index (χ3n) is 4.43. The summed E-state index contributed by atoms with van der Waals surface area (Å²) in [6, 6.07) is 8.11. The van der Waals surface area contributed by atoms with E-state index in [1.807, 2.05) is 24.4 Å². The number of pyridine rings is 1. The zero-order chi connectivity index (χ0) is 17.4. The van der Waals surface area contributed by atoms with Crippen LogP contribution in [0.1, 0.15) is 13.8 Å². The summed E-state index contributed by atoms with van der Waals surface area (Å²) in [6.45, 7) is 5.83. The lowest BCUT2D eigenvalue weighted by molar-refractivity contribution is -0.00537. The van der Waals surface area contributed by atoms with E-state index in [-0.39, 0.29) is 12.2 Å². The SMILES string of the molecule is CC1CN(c2ncnc3ccc(-c4cncc(N)c4)cc23)CC(C)O1. The number of nitrogens with two attached hydrogens (primary N) is 1. The van der Waals surface area contributed by atoms with Crippen LogP contribution in [-0.4, -0.2) is 40.2 Å². The van der Waals surface area contributed by atoms with Gasteiger partial charge in [0.05, 0.1) is 23.4 Å². The fourth-order valence-corrected chi connectivity index (χ4v) is 3.44. The van der Waals surface area contributed by atoms with Gasteiger partial charge in [-0.1, -0.05) is 6.07 Å². The predicted octanol–water partition coefficient (Wildman–Crippen LogP) is 2.89. The highest BCUT2D eigenvalue weighted by Gasteiger charge is 2.24. The maximum Gasteiger partial charge on any atom is 0.140 e. The molecule has 128 valence electrons. The Morgan fingerprint density at radius 3 is 2.60 bits per heavy atom. The second kappa shape index (κ2) is 6.29. The summed E-state index contributed by atoms with van der Waals surface area (Å²) < 4.78 is 5.85. The lowest BCUT2D eigenvalue weighted by atomic mass is 10.0. The monoisotopic (exact) mass is 335 g/mol. The Labute approximate surface area is 146 Å². The second-order valence-corrected chi connectivity index (χ2v) is 6.60. The van der Waals surface area contributed by atoms with E-state index in [0.29, 0.717) is 5.69 Å². The quantitative estimate of drug-likeness (QED) is 0.776. The summed E-state index contributed by atoms with van der Waals surface area (Å²) in [7, 11) is 0. The average Bonchev–Trinajstić information content (AvgIpc) is 2.60. The van der Waals surface area contributed by atoms with E-state index >= 15 is 0 Å². The molecule has 2 aromatic heterocycles. The molecule has 0 spiro atoms. The number of benzene rings is 1. The minimum Gasteiger partial charge on any atom is -0.397 e. The standard InChI is InChI=1S/C19H21N5O/c1-12-9-24(10-13(2)25-12)19-17-6-14(3-4-18(17)22-11-23-19)15-5-16(20)8-21-7-15/h3-8,11-13H,9-10,20H2,1-2H3. The van der Waals surface area contributed by atoms with Crippen molar-refractivity contribution < 1.29 is 4.74 Å². The predicted molar refractivity (Wildman–Crippen MR) is 99.4 cm³/mol. The Kier molecular flexibility index (Phi) is 3.97. The van der Waals surface area contributed by atoms with Crippen molar-refractivity contribution in [2.24, 2.45) is 0 Å². The molecular weight excluding hydrogens is 314 g/mol. The minimum atomic E-state index is 0.176. The summed E-state index contributed by atoms with van der Waals surface area (Å²) >= 11 is 0. The summed E-state index contributed by atoms with van der Waals surface area (Å²) in [5, 5.41) is 1.03.